The van der Waals surface area contributed by atoms with E-state index in [0.29, 0.717) is 25.0 Å². The molecule has 0 saturated carbocycles. The second-order valence-electron chi connectivity index (χ2n) is 7.60. The third kappa shape index (κ3) is 4.06. The number of aryl methyl sites for hydroxylation is 1. The molecule has 0 radical (unpaired) electrons. The maximum atomic E-state index is 9.65. The van der Waals surface area contributed by atoms with Crippen LogP contribution in [-0.4, -0.2) is 54.5 Å². The van der Waals surface area contributed by atoms with Crippen molar-refractivity contribution in [3.8, 4) is 0 Å². The zero-order chi connectivity index (χ0) is 18.8. The van der Waals surface area contributed by atoms with Crippen LogP contribution in [0.15, 0.2) is 30.3 Å². The maximum absolute atomic E-state index is 9.65. The molecule has 2 aliphatic rings. The molecule has 3 heterocycles. The van der Waals surface area contributed by atoms with Crippen molar-refractivity contribution in [3.63, 3.8) is 0 Å². The second kappa shape index (κ2) is 7.82. The van der Waals surface area contributed by atoms with Crippen molar-refractivity contribution >= 4 is 11.8 Å². The van der Waals surface area contributed by atoms with Gasteiger partial charge in [-0.2, -0.15) is 4.98 Å². The minimum absolute atomic E-state index is 0.273. The lowest BCUT2D eigenvalue weighted by Crippen LogP contribution is -2.51. The molecule has 0 amide bonds. The summed E-state index contributed by atoms with van der Waals surface area (Å²) in [6.07, 6.45) is 1.78. The van der Waals surface area contributed by atoms with Crippen LogP contribution in [0.2, 0.25) is 0 Å². The summed E-state index contributed by atoms with van der Waals surface area (Å²) in [6.45, 7) is 5.69. The Morgan fingerprint density at radius 2 is 1.93 bits per heavy atom. The molecule has 2 saturated heterocycles. The molecule has 1 aromatic heterocycles. The highest BCUT2D eigenvalue weighted by molar-refractivity contribution is 5.48. The van der Waals surface area contributed by atoms with E-state index in [2.05, 4.69) is 49.2 Å². The fraction of sp³-hybridized carbons (Fsp3) is 0.524. The molecule has 1 atom stereocenters. The van der Waals surface area contributed by atoms with Gasteiger partial charge in [0.1, 0.15) is 5.82 Å². The van der Waals surface area contributed by atoms with Crippen molar-refractivity contribution in [3.05, 3.63) is 47.2 Å². The number of aliphatic hydroxyl groups is 1. The first kappa shape index (κ1) is 18.2. The first-order valence-electron chi connectivity index (χ1n) is 9.81. The fourth-order valence-electron chi connectivity index (χ4n) is 3.61. The van der Waals surface area contributed by atoms with Gasteiger partial charge in [-0.25, -0.2) is 4.98 Å². The number of hydrogen-bond donors (Lipinski definition) is 1. The maximum Gasteiger partial charge on any atom is 0.227 e. The molecule has 2 aromatic rings. The quantitative estimate of drug-likeness (QED) is 0.845. The summed E-state index contributed by atoms with van der Waals surface area (Å²) in [5.74, 6) is 1.96. The van der Waals surface area contributed by atoms with Crippen LogP contribution in [-0.2, 0) is 17.7 Å². The minimum atomic E-state index is -0.273. The lowest BCUT2D eigenvalue weighted by Gasteiger charge is -2.36. The van der Waals surface area contributed by atoms with Crippen LogP contribution in [0.3, 0.4) is 0 Å². The van der Waals surface area contributed by atoms with Crippen molar-refractivity contribution in [1.82, 2.24) is 9.97 Å². The zero-order valence-corrected chi connectivity index (χ0v) is 16.1. The smallest absolute Gasteiger partial charge is 0.227 e. The largest absolute Gasteiger partial charge is 0.389 e. The Balaban J connectivity index is 1.57. The Bertz CT molecular complexity index is 768. The Morgan fingerprint density at radius 3 is 2.56 bits per heavy atom. The van der Waals surface area contributed by atoms with Crippen LogP contribution in [0.25, 0.3) is 0 Å². The van der Waals surface area contributed by atoms with Gasteiger partial charge < -0.3 is 19.6 Å². The number of β-amino-alcohol motifs (C(OH)–C–C–N with tert-alkyl or cyclic N) is 1. The molecule has 2 fully saturated rings. The predicted molar refractivity (Wildman–Crippen MR) is 106 cm³/mol. The third-order valence-electron chi connectivity index (χ3n) is 5.46. The van der Waals surface area contributed by atoms with Crippen molar-refractivity contribution in [2.24, 2.45) is 0 Å². The topological polar surface area (TPSA) is 61.7 Å². The summed E-state index contributed by atoms with van der Waals surface area (Å²) in [6, 6.07) is 10.9. The van der Waals surface area contributed by atoms with Crippen molar-refractivity contribution in [2.45, 2.75) is 38.3 Å². The van der Waals surface area contributed by atoms with E-state index in [1.807, 2.05) is 4.90 Å². The summed E-state index contributed by atoms with van der Waals surface area (Å²) >= 11 is 0. The monoisotopic (exact) mass is 368 g/mol. The minimum Gasteiger partial charge on any atom is -0.389 e. The SMILES string of the molecule is CCc1ccc(CN(C)c2cc([C@@H]3CCOC3)nc(N3CC(O)C3)n2)cc1. The Morgan fingerprint density at radius 1 is 1.19 bits per heavy atom. The van der Waals surface area contributed by atoms with Crippen LogP contribution in [0.5, 0.6) is 0 Å². The molecule has 0 spiro atoms. The Labute approximate surface area is 160 Å². The van der Waals surface area contributed by atoms with Crippen molar-refractivity contribution in [2.75, 3.05) is 43.2 Å². The lowest BCUT2D eigenvalue weighted by atomic mass is 10.0. The highest BCUT2D eigenvalue weighted by atomic mass is 16.5. The van der Waals surface area contributed by atoms with E-state index in [4.69, 9.17) is 14.7 Å². The fourth-order valence-corrected chi connectivity index (χ4v) is 3.61. The number of aliphatic hydroxyl groups excluding tert-OH is 1. The molecular formula is C21H28N4O2. The lowest BCUT2D eigenvalue weighted by molar-refractivity contribution is 0.140. The molecule has 2 aliphatic heterocycles. The average Bonchev–Trinajstić information content (AvgIpc) is 3.20. The van der Waals surface area contributed by atoms with Crippen LogP contribution in [0.1, 0.15) is 36.1 Å². The van der Waals surface area contributed by atoms with Gasteiger partial charge in [-0.05, 0) is 24.0 Å². The third-order valence-corrected chi connectivity index (χ3v) is 5.46. The van der Waals surface area contributed by atoms with Gasteiger partial charge in [0.15, 0.2) is 0 Å². The summed E-state index contributed by atoms with van der Waals surface area (Å²) in [5, 5.41) is 9.65. The first-order chi connectivity index (χ1) is 13.1. The van der Waals surface area contributed by atoms with E-state index in [1.165, 1.54) is 11.1 Å². The molecule has 6 heteroatoms. The van der Waals surface area contributed by atoms with E-state index < -0.39 is 0 Å². The number of benzene rings is 1. The normalized spacial score (nSPS) is 20.0. The molecule has 4 rings (SSSR count). The van der Waals surface area contributed by atoms with Crippen LogP contribution in [0, 0.1) is 0 Å². The Kier molecular flexibility index (Phi) is 5.27. The van der Waals surface area contributed by atoms with Gasteiger partial charge >= 0.3 is 0 Å². The highest BCUT2D eigenvalue weighted by Crippen LogP contribution is 2.29. The van der Waals surface area contributed by atoms with E-state index in [1.54, 1.807) is 0 Å². The zero-order valence-electron chi connectivity index (χ0n) is 16.1. The standard InChI is InChI=1S/C21H28N4O2/c1-3-15-4-6-16(7-5-15)11-24(2)20-10-19(17-8-9-27-14-17)22-21(23-20)25-12-18(26)13-25/h4-7,10,17-18,26H,3,8-9,11-14H2,1-2H3/t17-/m1/s1. The molecule has 0 bridgehead atoms. The van der Waals surface area contributed by atoms with Crippen LogP contribution in [0.4, 0.5) is 11.8 Å². The highest BCUT2D eigenvalue weighted by Gasteiger charge is 2.29. The Hall–Kier alpha value is -2.18. The first-order valence-corrected chi connectivity index (χ1v) is 9.81. The van der Waals surface area contributed by atoms with Gasteiger partial charge in [-0.3, -0.25) is 0 Å². The molecule has 0 aliphatic carbocycles. The number of ether oxygens (including phenoxy) is 1. The van der Waals surface area contributed by atoms with Gasteiger partial charge in [0.05, 0.1) is 18.4 Å². The molecular weight excluding hydrogens is 340 g/mol. The number of anilines is 2. The summed E-state index contributed by atoms with van der Waals surface area (Å²) < 4.78 is 5.56. The summed E-state index contributed by atoms with van der Waals surface area (Å²) in [5.41, 5.74) is 3.66. The van der Waals surface area contributed by atoms with Crippen molar-refractivity contribution in [1.29, 1.82) is 0 Å². The average molecular weight is 368 g/mol. The number of aromatic nitrogens is 2. The predicted octanol–water partition coefficient (Wildman–Crippen LogP) is 2.36. The molecule has 27 heavy (non-hydrogen) atoms. The van der Waals surface area contributed by atoms with Crippen LogP contribution < -0.4 is 9.80 Å². The van der Waals surface area contributed by atoms with E-state index in [9.17, 15) is 5.11 Å². The second-order valence-corrected chi connectivity index (χ2v) is 7.60. The van der Waals surface area contributed by atoms with E-state index >= 15 is 0 Å². The molecule has 1 aromatic carbocycles. The van der Waals surface area contributed by atoms with Gasteiger partial charge in [0, 0.05) is 45.3 Å². The van der Waals surface area contributed by atoms with Gasteiger partial charge in [0.2, 0.25) is 5.95 Å². The number of rotatable bonds is 6. The molecule has 144 valence electrons. The van der Waals surface area contributed by atoms with E-state index in [0.717, 1.165) is 44.1 Å². The van der Waals surface area contributed by atoms with Gasteiger partial charge in [0.25, 0.3) is 0 Å². The molecule has 6 nitrogen and oxygen atoms in total. The molecule has 0 unspecified atom stereocenters. The number of nitrogens with zero attached hydrogens (tertiary/aromatic N) is 4. The van der Waals surface area contributed by atoms with Crippen molar-refractivity contribution < 1.29 is 9.84 Å². The summed E-state index contributed by atoms with van der Waals surface area (Å²) in [7, 11) is 2.07. The van der Waals surface area contributed by atoms with Crippen LogP contribution >= 0.6 is 0 Å². The number of hydrogen-bond acceptors (Lipinski definition) is 6. The summed E-state index contributed by atoms with van der Waals surface area (Å²) in [4.78, 5) is 13.8. The van der Waals surface area contributed by atoms with E-state index in [-0.39, 0.29) is 6.10 Å². The molecule has 1 N–H and O–H groups in total. The van der Waals surface area contributed by atoms with Gasteiger partial charge in [-0.15, -0.1) is 0 Å². The van der Waals surface area contributed by atoms with Gasteiger partial charge in [-0.1, -0.05) is 31.2 Å².